The Morgan fingerprint density at radius 1 is 1.16 bits per heavy atom. The van der Waals surface area contributed by atoms with Gasteiger partial charge in [-0.3, -0.25) is 4.79 Å². The van der Waals surface area contributed by atoms with Gasteiger partial charge in [-0.15, -0.1) is 0 Å². The second kappa shape index (κ2) is 7.31. The van der Waals surface area contributed by atoms with Crippen molar-refractivity contribution in [3.05, 3.63) is 24.3 Å². The first kappa shape index (κ1) is 18.2. The Labute approximate surface area is 149 Å². The van der Waals surface area contributed by atoms with Gasteiger partial charge in [0.2, 0.25) is 15.9 Å². The van der Waals surface area contributed by atoms with Crippen LogP contribution in [0.25, 0.3) is 0 Å². The van der Waals surface area contributed by atoms with E-state index in [9.17, 15) is 13.2 Å². The van der Waals surface area contributed by atoms with Crippen molar-refractivity contribution in [2.24, 2.45) is 11.7 Å². The number of benzene rings is 1. The highest BCUT2D eigenvalue weighted by atomic mass is 32.2. The van der Waals surface area contributed by atoms with E-state index in [2.05, 4.69) is 4.72 Å². The molecule has 1 aromatic carbocycles. The van der Waals surface area contributed by atoms with Crippen LogP contribution in [0, 0.1) is 5.92 Å². The third-order valence-electron chi connectivity index (χ3n) is 5.18. The van der Waals surface area contributed by atoms with Crippen molar-refractivity contribution in [3.63, 3.8) is 0 Å². The fourth-order valence-corrected chi connectivity index (χ4v) is 4.67. The lowest BCUT2D eigenvalue weighted by Crippen LogP contribution is -2.50. The van der Waals surface area contributed by atoms with Gasteiger partial charge in [0.25, 0.3) is 0 Å². The molecule has 1 aliphatic heterocycles. The molecular weight excluding hydrogens is 340 g/mol. The molecule has 0 radical (unpaired) electrons. The fraction of sp³-hybridized carbons (Fsp3) is 0.588. The Bertz CT molecular complexity index is 729. The number of hydrogen-bond donors (Lipinski definition) is 2. The summed E-state index contributed by atoms with van der Waals surface area (Å²) < 4.78 is 26.8. The number of carbonyl (C=O) groups excluding carboxylic acids is 1. The summed E-state index contributed by atoms with van der Waals surface area (Å²) in [5, 5.41) is 0. The van der Waals surface area contributed by atoms with Crippen molar-refractivity contribution in [2.75, 3.05) is 38.1 Å². The molecule has 1 aromatic rings. The van der Waals surface area contributed by atoms with Crippen LogP contribution in [0.4, 0.5) is 5.69 Å². The minimum absolute atomic E-state index is 0.0542. The van der Waals surface area contributed by atoms with E-state index in [0.717, 1.165) is 19.3 Å². The van der Waals surface area contributed by atoms with Gasteiger partial charge in [0, 0.05) is 38.1 Å². The molecule has 3 N–H and O–H groups in total. The lowest BCUT2D eigenvalue weighted by Gasteiger charge is -2.37. The van der Waals surface area contributed by atoms with Crippen molar-refractivity contribution in [3.8, 4) is 0 Å². The molecule has 0 bridgehead atoms. The number of anilines is 1. The van der Waals surface area contributed by atoms with Gasteiger partial charge in [0.05, 0.1) is 5.69 Å². The maximum Gasteiger partial charge on any atom is 0.242 e. The third kappa shape index (κ3) is 3.80. The third-order valence-corrected chi connectivity index (χ3v) is 6.64. The van der Waals surface area contributed by atoms with Crippen molar-refractivity contribution in [2.45, 2.75) is 30.2 Å². The number of nitrogens with one attached hydrogen (secondary N) is 1. The fourth-order valence-electron chi connectivity index (χ4n) is 3.72. The number of carbonyl (C=O) groups is 1. The van der Waals surface area contributed by atoms with Crippen molar-refractivity contribution in [1.82, 2.24) is 9.62 Å². The molecule has 2 fully saturated rings. The molecule has 138 valence electrons. The van der Waals surface area contributed by atoms with Crippen LogP contribution < -0.4 is 15.4 Å². The molecule has 25 heavy (non-hydrogen) atoms. The van der Waals surface area contributed by atoms with Gasteiger partial charge < -0.3 is 15.5 Å². The minimum atomic E-state index is -3.51. The maximum atomic E-state index is 12.6. The Morgan fingerprint density at radius 3 is 2.44 bits per heavy atom. The number of rotatable bonds is 4. The molecule has 0 spiro atoms. The molecular formula is C17H26N4O3S. The van der Waals surface area contributed by atoms with E-state index in [0.29, 0.717) is 31.9 Å². The molecule has 1 saturated heterocycles. The predicted octanol–water partition coefficient (Wildman–Crippen LogP) is 0.371. The van der Waals surface area contributed by atoms with Crippen LogP contribution in [0.2, 0.25) is 0 Å². The van der Waals surface area contributed by atoms with Crippen LogP contribution in [-0.2, 0) is 14.8 Å². The lowest BCUT2D eigenvalue weighted by atomic mass is 10.1. The van der Waals surface area contributed by atoms with E-state index < -0.39 is 10.0 Å². The van der Waals surface area contributed by atoms with E-state index in [-0.39, 0.29) is 22.8 Å². The monoisotopic (exact) mass is 366 g/mol. The van der Waals surface area contributed by atoms with Gasteiger partial charge in [-0.05, 0) is 38.4 Å². The van der Waals surface area contributed by atoms with Gasteiger partial charge in [-0.2, -0.15) is 0 Å². The first-order chi connectivity index (χ1) is 11.9. The topological polar surface area (TPSA) is 95.7 Å². The second-order valence-corrected chi connectivity index (χ2v) is 8.61. The second-order valence-electron chi connectivity index (χ2n) is 6.76. The van der Waals surface area contributed by atoms with Gasteiger partial charge >= 0.3 is 0 Å². The highest BCUT2D eigenvalue weighted by Gasteiger charge is 2.33. The van der Waals surface area contributed by atoms with E-state index in [1.165, 1.54) is 7.05 Å². The van der Waals surface area contributed by atoms with Crippen LogP contribution in [0.15, 0.2) is 29.2 Å². The number of nitrogens with two attached hydrogens (primary N) is 1. The van der Waals surface area contributed by atoms with Crippen LogP contribution in [-0.4, -0.2) is 58.5 Å². The Morgan fingerprint density at radius 2 is 1.84 bits per heavy atom. The van der Waals surface area contributed by atoms with E-state index in [1.807, 2.05) is 21.9 Å². The first-order valence-corrected chi connectivity index (χ1v) is 10.2. The van der Waals surface area contributed by atoms with E-state index in [4.69, 9.17) is 5.73 Å². The molecule has 3 rings (SSSR count). The lowest BCUT2D eigenvalue weighted by molar-refractivity contribution is -0.135. The van der Waals surface area contributed by atoms with Gasteiger partial charge in [0.1, 0.15) is 4.90 Å². The van der Waals surface area contributed by atoms with Crippen LogP contribution >= 0.6 is 0 Å². The summed E-state index contributed by atoms with van der Waals surface area (Å²) in [7, 11) is -2.10. The zero-order valence-electron chi connectivity index (χ0n) is 14.5. The zero-order valence-corrected chi connectivity index (χ0v) is 15.3. The smallest absolute Gasteiger partial charge is 0.242 e. The minimum Gasteiger partial charge on any atom is -0.367 e. The number of nitrogens with zero attached hydrogens (tertiary/aromatic N) is 2. The van der Waals surface area contributed by atoms with Gasteiger partial charge in [-0.1, -0.05) is 12.1 Å². The number of piperazine rings is 1. The molecule has 0 aromatic heterocycles. The Kier molecular flexibility index (Phi) is 5.31. The maximum absolute atomic E-state index is 12.6. The van der Waals surface area contributed by atoms with Gasteiger partial charge in [0.15, 0.2) is 0 Å². The summed E-state index contributed by atoms with van der Waals surface area (Å²) in [6.07, 6.45) is 2.58. The summed E-state index contributed by atoms with van der Waals surface area (Å²) in [6.45, 7) is 2.47. The highest BCUT2D eigenvalue weighted by molar-refractivity contribution is 7.89. The average Bonchev–Trinajstić information content (AvgIpc) is 3.07. The summed E-state index contributed by atoms with van der Waals surface area (Å²) in [5.41, 5.74) is 6.61. The summed E-state index contributed by atoms with van der Waals surface area (Å²) in [5.74, 6) is 0.252. The normalized spacial score (nSPS) is 24.6. The van der Waals surface area contributed by atoms with Crippen LogP contribution in [0.5, 0.6) is 0 Å². The number of amides is 1. The molecule has 7 nitrogen and oxygen atoms in total. The number of sulfonamides is 1. The Hall–Kier alpha value is -1.64. The molecule has 2 atom stereocenters. The first-order valence-electron chi connectivity index (χ1n) is 8.74. The quantitative estimate of drug-likeness (QED) is 0.803. The highest BCUT2D eigenvalue weighted by Crippen LogP contribution is 2.28. The molecule has 8 heteroatoms. The zero-order chi connectivity index (χ0) is 18.0. The molecule has 1 amide bonds. The van der Waals surface area contributed by atoms with E-state index in [1.54, 1.807) is 12.1 Å². The van der Waals surface area contributed by atoms with Gasteiger partial charge in [-0.25, -0.2) is 13.1 Å². The average molecular weight is 366 g/mol. The molecule has 2 aliphatic rings. The standard InChI is InChI=1S/C17H26N4O3S/c1-19-25(23,24)16-5-3-2-4-15(16)20-8-10-21(11-9-20)17(22)13-6-7-14(18)12-13/h2-5,13-14,19H,6-12,18H2,1H3/t13-,14+/m1/s1. The predicted molar refractivity (Wildman–Crippen MR) is 96.8 cm³/mol. The molecule has 0 unspecified atom stereocenters. The summed E-state index contributed by atoms with van der Waals surface area (Å²) in [6, 6.07) is 7.13. The Balaban J connectivity index is 1.68. The van der Waals surface area contributed by atoms with Crippen LogP contribution in [0.1, 0.15) is 19.3 Å². The van der Waals surface area contributed by atoms with Crippen molar-refractivity contribution < 1.29 is 13.2 Å². The molecule has 1 saturated carbocycles. The SMILES string of the molecule is CNS(=O)(=O)c1ccccc1N1CCN(C(=O)[C@@H]2CC[C@H](N)C2)CC1. The summed E-state index contributed by atoms with van der Waals surface area (Å²) >= 11 is 0. The summed E-state index contributed by atoms with van der Waals surface area (Å²) in [4.78, 5) is 16.8. The number of para-hydroxylation sites is 1. The van der Waals surface area contributed by atoms with Crippen LogP contribution in [0.3, 0.4) is 0 Å². The largest absolute Gasteiger partial charge is 0.367 e. The molecule has 1 heterocycles. The van der Waals surface area contributed by atoms with Crippen molar-refractivity contribution in [1.29, 1.82) is 0 Å². The molecule has 1 aliphatic carbocycles. The van der Waals surface area contributed by atoms with E-state index >= 15 is 0 Å². The number of hydrogen-bond acceptors (Lipinski definition) is 5. The van der Waals surface area contributed by atoms with Crippen molar-refractivity contribution >= 4 is 21.6 Å².